The van der Waals surface area contributed by atoms with Crippen LogP contribution in [0.1, 0.15) is 12.5 Å². The first-order valence-corrected chi connectivity index (χ1v) is 7.73. The molecule has 2 rings (SSSR count). The van der Waals surface area contributed by atoms with Crippen molar-refractivity contribution in [3.05, 3.63) is 59.4 Å². The molecular formula is C18H20F3N2O2+. The van der Waals surface area contributed by atoms with Crippen molar-refractivity contribution in [2.75, 3.05) is 19.5 Å². The number of carbonyl (C=O) groups excluding carboxylic acids is 1. The Morgan fingerprint density at radius 2 is 1.84 bits per heavy atom. The summed E-state index contributed by atoms with van der Waals surface area (Å²) in [7, 11) is 3.37. The topological polar surface area (TPSA) is 42.8 Å². The minimum Gasteiger partial charge on any atom is -0.496 e. The molecular weight excluding hydrogens is 333 g/mol. The largest absolute Gasteiger partial charge is 0.496 e. The summed E-state index contributed by atoms with van der Waals surface area (Å²) in [6.07, 6.45) is 0. The lowest BCUT2D eigenvalue weighted by atomic mass is 10.1. The second kappa shape index (κ2) is 8.02. The highest BCUT2D eigenvalue weighted by molar-refractivity contribution is 5.93. The molecule has 0 aliphatic carbocycles. The van der Waals surface area contributed by atoms with E-state index in [9.17, 15) is 18.0 Å². The van der Waals surface area contributed by atoms with Gasteiger partial charge in [-0.2, -0.15) is 0 Å². The zero-order valence-electron chi connectivity index (χ0n) is 14.2. The van der Waals surface area contributed by atoms with Crippen molar-refractivity contribution < 1.29 is 27.6 Å². The second-order valence-electron chi connectivity index (χ2n) is 5.77. The Bertz CT molecular complexity index is 768. The lowest BCUT2D eigenvalue weighted by Gasteiger charge is -2.22. The van der Waals surface area contributed by atoms with E-state index in [0.29, 0.717) is 12.3 Å². The maximum atomic E-state index is 13.7. The van der Waals surface area contributed by atoms with Gasteiger partial charge in [0, 0.05) is 5.56 Å². The summed E-state index contributed by atoms with van der Waals surface area (Å²) in [6.45, 7) is 2.16. The van der Waals surface area contributed by atoms with E-state index in [4.69, 9.17) is 4.74 Å². The van der Waals surface area contributed by atoms with Gasteiger partial charge in [-0.15, -0.1) is 0 Å². The SMILES string of the molecule is COc1ccccc1C[NH+](C)[C@@H](C)C(=O)Nc1ccc(F)c(F)c1F. The Kier molecular flexibility index (Phi) is 6.03. The molecule has 0 heterocycles. The van der Waals surface area contributed by atoms with Crippen LogP contribution >= 0.6 is 0 Å². The standard InChI is InChI=1S/C18H19F3N2O2/c1-11(23(2)10-12-6-4-5-7-15(12)25-3)18(24)22-14-9-8-13(19)16(20)17(14)21/h4-9,11H,10H2,1-3H3,(H,22,24)/p+1/t11-/m0/s1. The van der Waals surface area contributed by atoms with Crippen LogP contribution in [0.3, 0.4) is 0 Å². The molecule has 2 aromatic carbocycles. The zero-order valence-corrected chi connectivity index (χ0v) is 14.2. The molecule has 25 heavy (non-hydrogen) atoms. The molecule has 0 aromatic heterocycles. The molecule has 0 saturated carbocycles. The van der Waals surface area contributed by atoms with Gasteiger partial charge in [0.05, 0.1) is 19.8 Å². The van der Waals surface area contributed by atoms with Gasteiger partial charge in [0.25, 0.3) is 5.91 Å². The van der Waals surface area contributed by atoms with Gasteiger partial charge in [0.1, 0.15) is 12.3 Å². The highest BCUT2D eigenvalue weighted by atomic mass is 19.2. The first-order valence-electron chi connectivity index (χ1n) is 7.73. The number of nitrogens with one attached hydrogen (secondary N) is 2. The number of methoxy groups -OCH3 is 1. The Morgan fingerprint density at radius 3 is 2.52 bits per heavy atom. The number of quaternary nitrogens is 1. The summed E-state index contributed by atoms with van der Waals surface area (Å²) in [4.78, 5) is 13.1. The van der Waals surface area contributed by atoms with E-state index in [1.54, 1.807) is 21.1 Å². The Balaban J connectivity index is 2.08. The number of likely N-dealkylation sites (N-methyl/N-ethyl adjacent to an activating group) is 1. The molecule has 2 N–H and O–H groups in total. The summed E-state index contributed by atoms with van der Waals surface area (Å²) in [5.74, 6) is -4.12. The smallest absolute Gasteiger partial charge is 0.282 e. The molecule has 1 unspecified atom stereocenters. The van der Waals surface area contributed by atoms with Crippen LogP contribution in [0.2, 0.25) is 0 Å². The predicted molar refractivity (Wildman–Crippen MR) is 88.0 cm³/mol. The normalized spacial score (nSPS) is 13.2. The molecule has 2 atom stereocenters. The first-order chi connectivity index (χ1) is 11.8. The molecule has 7 heteroatoms. The number of benzene rings is 2. The van der Waals surface area contributed by atoms with Crippen LogP contribution in [0.15, 0.2) is 36.4 Å². The van der Waals surface area contributed by atoms with Crippen LogP contribution < -0.4 is 15.0 Å². The summed E-state index contributed by atoms with van der Waals surface area (Å²) < 4.78 is 45.2. The van der Waals surface area contributed by atoms with E-state index in [2.05, 4.69) is 5.32 Å². The molecule has 0 bridgehead atoms. The fourth-order valence-corrected chi connectivity index (χ4v) is 2.39. The lowest BCUT2D eigenvalue weighted by molar-refractivity contribution is -0.907. The maximum absolute atomic E-state index is 13.7. The molecule has 0 saturated heterocycles. The fraction of sp³-hybridized carbons (Fsp3) is 0.278. The van der Waals surface area contributed by atoms with Crippen LogP contribution in [0.25, 0.3) is 0 Å². The van der Waals surface area contributed by atoms with E-state index < -0.39 is 29.4 Å². The molecule has 0 spiro atoms. The Morgan fingerprint density at radius 1 is 1.16 bits per heavy atom. The van der Waals surface area contributed by atoms with Gasteiger partial charge in [-0.3, -0.25) is 4.79 Å². The average molecular weight is 353 g/mol. The molecule has 0 fully saturated rings. The Labute approximate surface area is 144 Å². The van der Waals surface area contributed by atoms with Crippen LogP contribution in [0.4, 0.5) is 18.9 Å². The van der Waals surface area contributed by atoms with Gasteiger partial charge in [-0.05, 0) is 31.2 Å². The van der Waals surface area contributed by atoms with Gasteiger partial charge in [-0.1, -0.05) is 12.1 Å². The quantitative estimate of drug-likeness (QED) is 0.782. The minimum atomic E-state index is -1.61. The number of hydrogen-bond donors (Lipinski definition) is 2. The monoisotopic (exact) mass is 353 g/mol. The molecule has 0 radical (unpaired) electrons. The molecule has 0 aliphatic rings. The van der Waals surface area contributed by atoms with Crippen LogP contribution in [0.5, 0.6) is 5.75 Å². The van der Waals surface area contributed by atoms with Crippen molar-refractivity contribution in [2.45, 2.75) is 19.5 Å². The number of amides is 1. The summed E-state index contributed by atoms with van der Waals surface area (Å²) in [6, 6.07) is 8.63. The number of halogens is 3. The van der Waals surface area contributed by atoms with E-state index >= 15 is 0 Å². The van der Waals surface area contributed by atoms with E-state index in [-0.39, 0.29) is 5.69 Å². The Hall–Kier alpha value is -2.54. The lowest BCUT2D eigenvalue weighted by Crippen LogP contribution is -3.12. The molecule has 2 aromatic rings. The van der Waals surface area contributed by atoms with Crippen molar-refractivity contribution in [3.63, 3.8) is 0 Å². The molecule has 134 valence electrons. The predicted octanol–water partition coefficient (Wildman–Crippen LogP) is 2.15. The third kappa shape index (κ3) is 4.30. The first kappa shape index (κ1) is 18.8. The highest BCUT2D eigenvalue weighted by Gasteiger charge is 2.25. The summed E-state index contributed by atoms with van der Waals surface area (Å²) in [5, 5.41) is 2.30. The van der Waals surface area contributed by atoms with Crippen molar-refractivity contribution >= 4 is 11.6 Å². The maximum Gasteiger partial charge on any atom is 0.282 e. The van der Waals surface area contributed by atoms with Gasteiger partial charge in [0.15, 0.2) is 23.5 Å². The minimum absolute atomic E-state index is 0.388. The van der Waals surface area contributed by atoms with Gasteiger partial charge >= 0.3 is 0 Å². The highest BCUT2D eigenvalue weighted by Crippen LogP contribution is 2.20. The molecule has 1 amide bonds. The fourth-order valence-electron chi connectivity index (χ4n) is 2.39. The van der Waals surface area contributed by atoms with Crippen molar-refractivity contribution in [2.24, 2.45) is 0 Å². The van der Waals surface area contributed by atoms with Crippen molar-refractivity contribution in [1.29, 1.82) is 0 Å². The number of carbonyl (C=O) groups is 1. The van der Waals surface area contributed by atoms with Crippen LogP contribution in [-0.2, 0) is 11.3 Å². The van der Waals surface area contributed by atoms with Crippen LogP contribution in [-0.4, -0.2) is 26.1 Å². The number of para-hydroxylation sites is 1. The van der Waals surface area contributed by atoms with E-state index in [1.165, 1.54) is 0 Å². The van der Waals surface area contributed by atoms with Gasteiger partial charge in [-0.25, -0.2) is 13.2 Å². The van der Waals surface area contributed by atoms with Gasteiger partial charge < -0.3 is 15.0 Å². The number of ether oxygens (including phenoxy) is 1. The van der Waals surface area contributed by atoms with E-state index in [1.807, 2.05) is 24.3 Å². The van der Waals surface area contributed by atoms with Crippen LogP contribution in [0, 0.1) is 17.5 Å². The van der Waals surface area contributed by atoms with Crippen molar-refractivity contribution in [1.82, 2.24) is 0 Å². The zero-order chi connectivity index (χ0) is 18.6. The summed E-state index contributed by atoms with van der Waals surface area (Å²) >= 11 is 0. The van der Waals surface area contributed by atoms with Crippen molar-refractivity contribution in [3.8, 4) is 5.75 Å². The molecule has 0 aliphatic heterocycles. The number of anilines is 1. The molecule has 4 nitrogen and oxygen atoms in total. The average Bonchev–Trinajstić information content (AvgIpc) is 2.61. The third-order valence-electron chi connectivity index (χ3n) is 4.09. The number of hydrogen-bond acceptors (Lipinski definition) is 2. The number of rotatable bonds is 6. The van der Waals surface area contributed by atoms with Gasteiger partial charge in [0.2, 0.25) is 0 Å². The second-order valence-corrected chi connectivity index (χ2v) is 5.77. The summed E-state index contributed by atoms with van der Waals surface area (Å²) in [5.41, 5.74) is 0.530. The van der Waals surface area contributed by atoms with E-state index in [0.717, 1.165) is 22.6 Å². The third-order valence-corrected chi connectivity index (χ3v) is 4.09.